The number of aryl methyl sites for hydroxylation is 2. The lowest BCUT2D eigenvalue weighted by atomic mass is 10.0. The number of thioether (sulfide) groups is 1. The Kier molecular flexibility index (Phi) is 6.53. The summed E-state index contributed by atoms with van der Waals surface area (Å²) >= 11 is 2.94. The average Bonchev–Trinajstić information content (AvgIpc) is 3.09. The van der Waals surface area contributed by atoms with Gasteiger partial charge in [-0.05, 0) is 43.2 Å². The standard InChI is InChI=1S/C24H23N3O2S2/c1-15-16(2)31-24(25-15)27-22(28)14-30-23-19(11-17-7-5-4-6-8-17)12-18-9-10-20(29-3)13-21(18)26-23/h4-10,12-13H,11,14H2,1-3H3,(H,25,27,28). The molecule has 0 radical (unpaired) electrons. The van der Waals surface area contributed by atoms with E-state index in [0.29, 0.717) is 5.13 Å². The smallest absolute Gasteiger partial charge is 0.236 e. The number of pyridine rings is 1. The number of carbonyl (C=O) groups is 1. The van der Waals surface area contributed by atoms with Gasteiger partial charge in [-0.1, -0.05) is 42.1 Å². The van der Waals surface area contributed by atoms with E-state index in [1.807, 2.05) is 50.2 Å². The van der Waals surface area contributed by atoms with E-state index in [9.17, 15) is 4.79 Å². The number of rotatable bonds is 7. The van der Waals surface area contributed by atoms with Gasteiger partial charge in [0.15, 0.2) is 5.13 Å². The summed E-state index contributed by atoms with van der Waals surface area (Å²) < 4.78 is 5.35. The van der Waals surface area contributed by atoms with Gasteiger partial charge in [0.2, 0.25) is 5.91 Å². The highest BCUT2D eigenvalue weighted by Gasteiger charge is 2.13. The van der Waals surface area contributed by atoms with E-state index in [1.165, 1.54) is 28.7 Å². The highest BCUT2D eigenvalue weighted by Crippen LogP contribution is 2.29. The van der Waals surface area contributed by atoms with Gasteiger partial charge < -0.3 is 10.1 Å². The summed E-state index contributed by atoms with van der Waals surface area (Å²) in [4.78, 5) is 22.9. The Labute approximate surface area is 189 Å². The highest BCUT2D eigenvalue weighted by molar-refractivity contribution is 8.00. The Morgan fingerprint density at radius 1 is 1.10 bits per heavy atom. The predicted octanol–water partition coefficient (Wildman–Crippen LogP) is 5.64. The summed E-state index contributed by atoms with van der Waals surface area (Å²) in [6.45, 7) is 3.94. The van der Waals surface area contributed by atoms with Gasteiger partial charge in [0.05, 0.1) is 24.1 Å². The maximum atomic E-state index is 12.5. The van der Waals surface area contributed by atoms with Crippen molar-refractivity contribution in [3.05, 3.63) is 76.3 Å². The lowest BCUT2D eigenvalue weighted by Crippen LogP contribution is -2.14. The second-order valence-electron chi connectivity index (χ2n) is 7.17. The quantitative estimate of drug-likeness (QED) is 0.370. The van der Waals surface area contributed by atoms with E-state index in [0.717, 1.165) is 44.2 Å². The van der Waals surface area contributed by atoms with Crippen LogP contribution in [0.25, 0.3) is 10.9 Å². The van der Waals surface area contributed by atoms with Crippen molar-refractivity contribution < 1.29 is 9.53 Å². The van der Waals surface area contributed by atoms with Gasteiger partial charge in [0, 0.05) is 22.8 Å². The molecular formula is C24H23N3O2S2. The molecule has 0 aliphatic carbocycles. The van der Waals surface area contributed by atoms with E-state index < -0.39 is 0 Å². The third-order valence-corrected chi connectivity index (χ3v) is 6.94. The van der Waals surface area contributed by atoms with Crippen molar-refractivity contribution in [3.8, 4) is 5.75 Å². The summed E-state index contributed by atoms with van der Waals surface area (Å²) in [7, 11) is 1.65. The molecule has 2 heterocycles. The lowest BCUT2D eigenvalue weighted by molar-refractivity contribution is -0.113. The average molecular weight is 450 g/mol. The Hall–Kier alpha value is -2.90. The molecular weight excluding hydrogens is 426 g/mol. The number of fused-ring (bicyclic) bond motifs is 1. The third-order valence-electron chi connectivity index (χ3n) is 4.92. The fourth-order valence-electron chi connectivity index (χ4n) is 3.18. The molecule has 5 nitrogen and oxygen atoms in total. The zero-order valence-electron chi connectivity index (χ0n) is 17.6. The monoisotopic (exact) mass is 449 g/mol. The number of carbonyl (C=O) groups excluding carboxylic acids is 1. The first-order valence-corrected chi connectivity index (χ1v) is 11.7. The van der Waals surface area contributed by atoms with Crippen LogP contribution in [0.15, 0.2) is 59.6 Å². The fraction of sp³-hybridized carbons (Fsp3) is 0.208. The van der Waals surface area contributed by atoms with Gasteiger partial charge in [-0.2, -0.15) is 0 Å². The summed E-state index contributed by atoms with van der Waals surface area (Å²) in [5.41, 5.74) is 4.10. The van der Waals surface area contributed by atoms with E-state index in [2.05, 4.69) is 28.5 Å². The van der Waals surface area contributed by atoms with Gasteiger partial charge in [0.1, 0.15) is 10.8 Å². The van der Waals surface area contributed by atoms with Crippen molar-refractivity contribution in [2.45, 2.75) is 25.3 Å². The number of amides is 1. The number of nitrogens with one attached hydrogen (secondary N) is 1. The van der Waals surface area contributed by atoms with Crippen LogP contribution in [0, 0.1) is 13.8 Å². The van der Waals surface area contributed by atoms with Crippen LogP contribution in [-0.2, 0) is 11.2 Å². The molecule has 0 atom stereocenters. The molecule has 4 rings (SSSR count). The lowest BCUT2D eigenvalue weighted by Gasteiger charge is -2.11. The van der Waals surface area contributed by atoms with Crippen molar-refractivity contribution in [1.29, 1.82) is 0 Å². The third kappa shape index (κ3) is 5.24. The van der Waals surface area contributed by atoms with Crippen molar-refractivity contribution in [2.75, 3.05) is 18.2 Å². The van der Waals surface area contributed by atoms with Gasteiger partial charge in [0.25, 0.3) is 0 Å². The number of thiazole rings is 1. The van der Waals surface area contributed by atoms with Crippen molar-refractivity contribution in [1.82, 2.24) is 9.97 Å². The maximum Gasteiger partial charge on any atom is 0.236 e. The first-order chi connectivity index (χ1) is 15.0. The van der Waals surface area contributed by atoms with Gasteiger partial charge >= 0.3 is 0 Å². The second kappa shape index (κ2) is 9.49. The van der Waals surface area contributed by atoms with E-state index in [-0.39, 0.29) is 11.7 Å². The molecule has 158 valence electrons. The van der Waals surface area contributed by atoms with Gasteiger partial charge in [-0.3, -0.25) is 4.79 Å². The first kappa shape index (κ1) is 21.3. The number of hydrogen-bond donors (Lipinski definition) is 1. The predicted molar refractivity (Wildman–Crippen MR) is 128 cm³/mol. The van der Waals surface area contributed by atoms with Crippen LogP contribution in [0.3, 0.4) is 0 Å². The number of benzene rings is 2. The molecule has 1 amide bonds. The minimum absolute atomic E-state index is 0.0862. The molecule has 0 saturated heterocycles. The Morgan fingerprint density at radius 2 is 1.90 bits per heavy atom. The summed E-state index contributed by atoms with van der Waals surface area (Å²) in [6, 6.07) is 18.3. The zero-order valence-corrected chi connectivity index (χ0v) is 19.3. The van der Waals surface area contributed by atoms with Crippen LogP contribution >= 0.6 is 23.1 Å². The maximum absolute atomic E-state index is 12.5. The van der Waals surface area contributed by atoms with Crippen molar-refractivity contribution in [3.63, 3.8) is 0 Å². The van der Waals surface area contributed by atoms with Gasteiger partial charge in [-0.25, -0.2) is 9.97 Å². The zero-order chi connectivity index (χ0) is 21.8. The molecule has 4 aromatic rings. The summed E-state index contributed by atoms with van der Waals surface area (Å²) in [6.07, 6.45) is 0.755. The van der Waals surface area contributed by atoms with Crippen molar-refractivity contribution in [2.24, 2.45) is 0 Å². The molecule has 2 aromatic heterocycles. The minimum Gasteiger partial charge on any atom is -0.497 e. The number of methoxy groups -OCH3 is 1. The van der Waals surface area contributed by atoms with E-state index in [4.69, 9.17) is 9.72 Å². The largest absolute Gasteiger partial charge is 0.497 e. The number of anilines is 1. The van der Waals surface area contributed by atoms with E-state index in [1.54, 1.807) is 7.11 Å². The van der Waals surface area contributed by atoms with Crippen LogP contribution in [-0.4, -0.2) is 28.7 Å². The minimum atomic E-state index is -0.0862. The van der Waals surface area contributed by atoms with Crippen LogP contribution < -0.4 is 10.1 Å². The second-order valence-corrected chi connectivity index (χ2v) is 9.34. The molecule has 0 aliphatic rings. The molecule has 0 aliphatic heterocycles. The molecule has 0 bridgehead atoms. The Morgan fingerprint density at radius 3 is 2.61 bits per heavy atom. The number of nitrogens with zero attached hydrogens (tertiary/aromatic N) is 2. The Balaban J connectivity index is 1.58. The van der Waals surface area contributed by atoms with Gasteiger partial charge in [-0.15, -0.1) is 11.3 Å². The SMILES string of the molecule is COc1ccc2cc(Cc3ccccc3)c(SCC(=O)Nc3nc(C)c(C)s3)nc2c1. The summed E-state index contributed by atoms with van der Waals surface area (Å²) in [5, 5.41) is 5.44. The number of aromatic nitrogens is 2. The summed E-state index contributed by atoms with van der Waals surface area (Å²) in [5.74, 6) is 0.943. The Bertz CT molecular complexity index is 1200. The molecule has 1 N–H and O–H groups in total. The topological polar surface area (TPSA) is 64.1 Å². The molecule has 7 heteroatoms. The fourth-order valence-corrected chi connectivity index (χ4v) is 4.83. The molecule has 0 fully saturated rings. The molecule has 0 unspecified atom stereocenters. The molecule has 0 spiro atoms. The normalized spacial score (nSPS) is 10.9. The van der Waals surface area contributed by atoms with Crippen LogP contribution in [0.4, 0.5) is 5.13 Å². The van der Waals surface area contributed by atoms with Crippen LogP contribution in [0.2, 0.25) is 0 Å². The van der Waals surface area contributed by atoms with E-state index >= 15 is 0 Å². The van der Waals surface area contributed by atoms with Crippen molar-refractivity contribution >= 4 is 45.0 Å². The molecule has 2 aromatic carbocycles. The van der Waals surface area contributed by atoms with Crippen LogP contribution in [0.1, 0.15) is 21.7 Å². The van der Waals surface area contributed by atoms with Crippen LogP contribution in [0.5, 0.6) is 5.75 Å². The molecule has 0 saturated carbocycles. The highest BCUT2D eigenvalue weighted by atomic mass is 32.2. The number of hydrogen-bond acceptors (Lipinski definition) is 6. The first-order valence-electron chi connectivity index (χ1n) is 9.90. The molecule has 31 heavy (non-hydrogen) atoms. The number of ether oxygens (including phenoxy) is 1.